The maximum absolute atomic E-state index is 14.1. The zero-order valence-corrected chi connectivity index (χ0v) is 24.0. The molecular weight excluding hydrogens is 454 g/mol. The first-order valence-corrected chi connectivity index (χ1v) is 13.5. The van der Waals surface area contributed by atoms with Crippen LogP contribution in [-0.4, -0.2) is 47.5 Å². The largest absolute Gasteiger partial charge is 0.444 e. The molecule has 0 aliphatic carbocycles. The Hall–Kier alpha value is -2.57. The quantitative estimate of drug-likeness (QED) is 0.332. The predicted molar refractivity (Wildman–Crippen MR) is 146 cm³/mol. The first kappa shape index (κ1) is 31.5. The minimum atomic E-state index is -0.798. The van der Waals surface area contributed by atoms with Gasteiger partial charge < -0.3 is 20.3 Å². The number of benzene rings is 1. The molecule has 204 valence electrons. The van der Waals surface area contributed by atoms with E-state index in [4.69, 9.17) is 4.74 Å². The maximum atomic E-state index is 14.1. The summed E-state index contributed by atoms with van der Waals surface area (Å²) in [6.07, 6.45) is 3.25. The molecule has 7 heteroatoms. The van der Waals surface area contributed by atoms with E-state index in [0.29, 0.717) is 19.5 Å². The van der Waals surface area contributed by atoms with Crippen LogP contribution in [0, 0.1) is 19.8 Å². The number of carbonyl (C=O) groups is 3. The van der Waals surface area contributed by atoms with Crippen LogP contribution in [0.4, 0.5) is 4.79 Å². The Morgan fingerprint density at radius 1 is 1.03 bits per heavy atom. The molecular formula is C29H49N3O4. The normalized spacial score (nSPS) is 13.2. The first-order chi connectivity index (χ1) is 16.8. The summed E-state index contributed by atoms with van der Waals surface area (Å²) in [7, 11) is 0. The fourth-order valence-electron chi connectivity index (χ4n) is 4.03. The van der Waals surface area contributed by atoms with Crippen molar-refractivity contribution >= 4 is 17.9 Å². The Morgan fingerprint density at radius 2 is 1.67 bits per heavy atom. The van der Waals surface area contributed by atoms with E-state index in [2.05, 4.69) is 24.5 Å². The van der Waals surface area contributed by atoms with Gasteiger partial charge in [-0.3, -0.25) is 9.59 Å². The highest BCUT2D eigenvalue weighted by atomic mass is 16.6. The highest BCUT2D eigenvalue weighted by Crippen LogP contribution is 2.28. The SMILES string of the molecule is CCCCNC(=O)C(c1cc(C)ccc1C)N(CCCC)C(=O)C(CC(C)C)NC(=O)OC(C)(C)C. The van der Waals surface area contributed by atoms with Crippen molar-refractivity contribution in [2.24, 2.45) is 5.92 Å². The van der Waals surface area contributed by atoms with E-state index in [9.17, 15) is 14.4 Å². The maximum Gasteiger partial charge on any atom is 0.408 e. The zero-order valence-electron chi connectivity index (χ0n) is 24.0. The van der Waals surface area contributed by atoms with Gasteiger partial charge in [0.2, 0.25) is 11.8 Å². The van der Waals surface area contributed by atoms with Crippen LogP contribution in [0.3, 0.4) is 0 Å². The number of nitrogens with one attached hydrogen (secondary N) is 2. The third kappa shape index (κ3) is 10.6. The number of amides is 3. The molecule has 1 aromatic rings. The van der Waals surface area contributed by atoms with Gasteiger partial charge in [-0.1, -0.05) is 64.3 Å². The second-order valence-electron chi connectivity index (χ2n) is 11.1. The molecule has 1 rings (SSSR count). The third-order valence-electron chi connectivity index (χ3n) is 5.85. The van der Waals surface area contributed by atoms with Gasteiger partial charge in [-0.05, 0) is 70.9 Å². The molecule has 0 aliphatic heterocycles. The van der Waals surface area contributed by atoms with Crippen molar-refractivity contribution < 1.29 is 19.1 Å². The predicted octanol–water partition coefficient (Wildman–Crippen LogP) is 5.83. The molecule has 2 atom stereocenters. The van der Waals surface area contributed by atoms with Gasteiger partial charge in [0, 0.05) is 13.1 Å². The summed E-state index contributed by atoms with van der Waals surface area (Å²) in [5.74, 6) is -0.304. The van der Waals surface area contributed by atoms with E-state index < -0.39 is 23.8 Å². The van der Waals surface area contributed by atoms with Crippen molar-refractivity contribution in [3.8, 4) is 0 Å². The molecule has 0 aliphatic rings. The van der Waals surface area contributed by atoms with Crippen LogP contribution in [0.15, 0.2) is 18.2 Å². The molecule has 2 unspecified atom stereocenters. The van der Waals surface area contributed by atoms with Gasteiger partial charge in [0.25, 0.3) is 0 Å². The monoisotopic (exact) mass is 503 g/mol. The molecule has 2 N–H and O–H groups in total. The summed E-state index contributed by atoms with van der Waals surface area (Å²) < 4.78 is 5.45. The summed E-state index contributed by atoms with van der Waals surface area (Å²) in [6, 6.07) is 4.41. The minimum Gasteiger partial charge on any atom is -0.444 e. The van der Waals surface area contributed by atoms with E-state index in [1.54, 1.807) is 25.7 Å². The molecule has 1 aromatic carbocycles. The Labute approximate surface area is 218 Å². The molecule has 0 spiro atoms. The molecule has 3 amide bonds. The van der Waals surface area contributed by atoms with Crippen molar-refractivity contribution in [3.05, 3.63) is 34.9 Å². The lowest BCUT2D eigenvalue weighted by molar-refractivity contribution is -0.143. The van der Waals surface area contributed by atoms with Crippen LogP contribution in [0.25, 0.3) is 0 Å². The molecule has 0 saturated carbocycles. The molecule has 0 aromatic heterocycles. The summed E-state index contributed by atoms with van der Waals surface area (Å²) in [4.78, 5) is 42.1. The van der Waals surface area contributed by atoms with E-state index in [1.165, 1.54) is 0 Å². The Bertz CT molecular complexity index is 861. The molecule has 0 fully saturated rings. The van der Waals surface area contributed by atoms with Gasteiger partial charge >= 0.3 is 6.09 Å². The highest BCUT2D eigenvalue weighted by molar-refractivity contribution is 5.92. The van der Waals surface area contributed by atoms with E-state index in [1.807, 2.05) is 45.9 Å². The smallest absolute Gasteiger partial charge is 0.408 e. The van der Waals surface area contributed by atoms with E-state index >= 15 is 0 Å². The lowest BCUT2D eigenvalue weighted by Crippen LogP contribution is -2.53. The standard InChI is InChI=1S/C29H49N3O4/c1-10-12-16-30-26(33)25(23-19-21(5)14-15-22(23)6)32(17-13-11-2)27(34)24(18-20(3)4)31-28(35)36-29(7,8)9/h14-15,19-20,24-25H,10-13,16-18H2,1-9H3,(H,30,33)(H,31,35). The van der Waals surface area contributed by atoms with Crippen LogP contribution < -0.4 is 10.6 Å². The van der Waals surface area contributed by atoms with Gasteiger partial charge in [-0.15, -0.1) is 0 Å². The van der Waals surface area contributed by atoms with E-state index in [0.717, 1.165) is 42.4 Å². The van der Waals surface area contributed by atoms with Crippen LogP contribution >= 0.6 is 0 Å². The summed E-state index contributed by atoms with van der Waals surface area (Å²) >= 11 is 0. The van der Waals surface area contributed by atoms with Gasteiger partial charge in [0.15, 0.2) is 0 Å². The Morgan fingerprint density at radius 3 is 2.22 bits per heavy atom. The summed E-state index contributed by atoms with van der Waals surface area (Å²) in [5, 5.41) is 5.85. The van der Waals surface area contributed by atoms with Crippen molar-refractivity contribution in [1.29, 1.82) is 0 Å². The number of carbonyl (C=O) groups excluding carboxylic acids is 3. The average molecular weight is 504 g/mol. The van der Waals surface area contributed by atoms with Gasteiger partial charge in [-0.2, -0.15) is 0 Å². The highest BCUT2D eigenvalue weighted by Gasteiger charge is 2.36. The molecule has 0 saturated heterocycles. The molecule has 36 heavy (non-hydrogen) atoms. The van der Waals surface area contributed by atoms with Crippen LogP contribution in [-0.2, 0) is 14.3 Å². The summed E-state index contributed by atoms with van der Waals surface area (Å²) in [6.45, 7) is 18.4. The number of hydrogen-bond donors (Lipinski definition) is 2. The van der Waals surface area contributed by atoms with Crippen molar-refractivity contribution in [2.75, 3.05) is 13.1 Å². The lowest BCUT2D eigenvalue weighted by atomic mass is 9.95. The van der Waals surface area contributed by atoms with Crippen LogP contribution in [0.1, 0.15) is 103 Å². The third-order valence-corrected chi connectivity index (χ3v) is 5.85. The fraction of sp³-hybridized carbons (Fsp3) is 0.690. The lowest BCUT2D eigenvalue weighted by Gasteiger charge is -2.35. The average Bonchev–Trinajstić information content (AvgIpc) is 2.76. The first-order valence-electron chi connectivity index (χ1n) is 13.5. The second-order valence-corrected chi connectivity index (χ2v) is 11.1. The number of aryl methyl sites for hydroxylation is 2. The van der Waals surface area contributed by atoms with Gasteiger partial charge in [0.05, 0.1) is 0 Å². The van der Waals surface area contributed by atoms with Crippen LogP contribution in [0.2, 0.25) is 0 Å². The van der Waals surface area contributed by atoms with Crippen molar-refractivity contribution in [3.63, 3.8) is 0 Å². The number of rotatable bonds is 13. The number of hydrogen-bond acceptors (Lipinski definition) is 4. The molecule has 0 heterocycles. The van der Waals surface area contributed by atoms with E-state index in [-0.39, 0.29) is 17.7 Å². The number of ether oxygens (including phenoxy) is 1. The van der Waals surface area contributed by atoms with Crippen molar-refractivity contribution in [2.45, 2.75) is 112 Å². The summed E-state index contributed by atoms with van der Waals surface area (Å²) in [5.41, 5.74) is 2.10. The Balaban J connectivity index is 3.50. The molecule has 0 radical (unpaired) electrons. The van der Waals surface area contributed by atoms with Gasteiger partial charge in [0.1, 0.15) is 17.7 Å². The zero-order chi connectivity index (χ0) is 27.5. The van der Waals surface area contributed by atoms with Crippen molar-refractivity contribution in [1.82, 2.24) is 15.5 Å². The topological polar surface area (TPSA) is 87.7 Å². The minimum absolute atomic E-state index is 0.152. The molecule has 7 nitrogen and oxygen atoms in total. The van der Waals surface area contributed by atoms with Crippen LogP contribution in [0.5, 0.6) is 0 Å². The second kappa shape index (κ2) is 14.9. The van der Waals surface area contributed by atoms with Gasteiger partial charge in [-0.25, -0.2) is 4.79 Å². The Kier molecular flexibility index (Phi) is 13.0. The molecule has 0 bridgehead atoms. The fourth-order valence-corrected chi connectivity index (χ4v) is 4.03. The number of nitrogens with zero attached hydrogens (tertiary/aromatic N) is 1. The number of alkyl carbamates (subject to hydrolysis) is 1. The number of unbranched alkanes of at least 4 members (excludes halogenated alkanes) is 2.